The molecule has 3 aromatic rings. The van der Waals surface area contributed by atoms with Gasteiger partial charge in [0.2, 0.25) is 0 Å². The number of carbonyl (C=O) groups excluding carboxylic acids is 1. The number of nitrogens with zero attached hydrogens (tertiary/aromatic N) is 1. The van der Waals surface area contributed by atoms with Crippen molar-refractivity contribution in [2.24, 2.45) is 0 Å². The zero-order chi connectivity index (χ0) is 23.6. The molecule has 7 heteroatoms. The number of carbonyl (C=O) groups is 1. The van der Waals surface area contributed by atoms with Crippen molar-refractivity contribution in [3.63, 3.8) is 0 Å². The summed E-state index contributed by atoms with van der Waals surface area (Å²) in [5, 5.41) is 21.3. The van der Waals surface area contributed by atoms with Crippen molar-refractivity contribution in [2.75, 3.05) is 0 Å². The molecule has 0 radical (unpaired) electrons. The predicted octanol–water partition coefficient (Wildman–Crippen LogP) is 3.21. The van der Waals surface area contributed by atoms with E-state index in [2.05, 4.69) is 9.97 Å². The lowest BCUT2D eigenvalue weighted by molar-refractivity contribution is -0.224. The van der Waals surface area contributed by atoms with Gasteiger partial charge in [-0.1, -0.05) is 37.3 Å². The number of ether oxygens (including phenoxy) is 1. The van der Waals surface area contributed by atoms with Crippen LogP contribution in [-0.4, -0.2) is 43.8 Å². The standard InChI is InChI=1S/C26H28N2O5/c1-3-26(32)16(2)33-23(12-24(26)30)19-9-10-27-13-18(19)11-22(29)21-15-28-14-20(25(21)31)17-7-5-4-6-8-17/h4-10,13-16,23-24,30,32H,3,11-12H2,1-2H3,(H,28,31)/t16-,23-,24-,26-/m1/s1. The number of aromatic nitrogens is 2. The molecule has 4 rings (SSSR count). The van der Waals surface area contributed by atoms with E-state index in [0.717, 1.165) is 11.1 Å². The number of aromatic amines is 1. The minimum atomic E-state index is -1.31. The maximum absolute atomic E-state index is 13.2. The lowest BCUT2D eigenvalue weighted by atomic mass is 9.80. The fourth-order valence-electron chi connectivity index (χ4n) is 4.51. The summed E-state index contributed by atoms with van der Waals surface area (Å²) < 4.78 is 6.06. The van der Waals surface area contributed by atoms with Crippen LogP contribution in [-0.2, 0) is 11.2 Å². The van der Waals surface area contributed by atoms with Crippen LogP contribution >= 0.6 is 0 Å². The first-order chi connectivity index (χ1) is 15.8. The number of aliphatic hydroxyl groups excluding tert-OH is 1. The minimum absolute atomic E-state index is 0.0348. The summed E-state index contributed by atoms with van der Waals surface area (Å²) in [6.45, 7) is 3.54. The molecule has 0 aliphatic carbocycles. The van der Waals surface area contributed by atoms with Crippen LogP contribution in [0.3, 0.4) is 0 Å². The van der Waals surface area contributed by atoms with Gasteiger partial charge < -0.3 is 19.9 Å². The molecule has 172 valence electrons. The number of rotatable bonds is 6. The van der Waals surface area contributed by atoms with Crippen molar-refractivity contribution in [3.05, 3.63) is 88.1 Å². The van der Waals surface area contributed by atoms with Crippen LogP contribution in [0.4, 0.5) is 0 Å². The van der Waals surface area contributed by atoms with E-state index < -0.39 is 23.9 Å². The topological polar surface area (TPSA) is 113 Å². The number of hydrogen-bond acceptors (Lipinski definition) is 6. The molecule has 1 aliphatic heterocycles. The van der Waals surface area contributed by atoms with Gasteiger partial charge in [-0.25, -0.2) is 0 Å². The molecule has 4 atom stereocenters. The second kappa shape index (κ2) is 9.39. The first kappa shape index (κ1) is 23.0. The Morgan fingerprint density at radius 3 is 2.70 bits per heavy atom. The largest absolute Gasteiger partial charge is 0.390 e. The van der Waals surface area contributed by atoms with Gasteiger partial charge in [-0.05, 0) is 36.1 Å². The average molecular weight is 449 g/mol. The Morgan fingerprint density at radius 1 is 1.24 bits per heavy atom. The third kappa shape index (κ3) is 4.39. The Kier molecular flexibility index (Phi) is 6.56. The van der Waals surface area contributed by atoms with Gasteiger partial charge >= 0.3 is 0 Å². The zero-order valence-corrected chi connectivity index (χ0v) is 18.7. The molecule has 1 aromatic carbocycles. The van der Waals surface area contributed by atoms with Crippen LogP contribution < -0.4 is 5.43 Å². The van der Waals surface area contributed by atoms with Crippen LogP contribution in [0.5, 0.6) is 0 Å². The van der Waals surface area contributed by atoms with Crippen LogP contribution in [0, 0.1) is 0 Å². The summed E-state index contributed by atoms with van der Waals surface area (Å²) in [6.07, 6.45) is 4.70. The van der Waals surface area contributed by atoms with E-state index >= 15 is 0 Å². The van der Waals surface area contributed by atoms with Crippen molar-refractivity contribution >= 4 is 5.78 Å². The molecule has 0 unspecified atom stereocenters. The van der Waals surface area contributed by atoms with E-state index in [1.807, 2.05) is 30.3 Å². The Bertz CT molecular complexity index is 1180. The molecule has 1 saturated heterocycles. The van der Waals surface area contributed by atoms with E-state index in [4.69, 9.17) is 4.74 Å². The molecular weight excluding hydrogens is 420 g/mol. The van der Waals surface area contributed by atoms with Crippen molar-refractivity contribution in [2.45, 2.75) is 57.0 Å². The monoisotopic (exact) mass is 448 g/mol. The van der Waals surface area contributed by atoms with E-state index in [1.165, 1.54) is 6.20 Å². The van der Waals surface area contributed by atoms with Gasteiger partial charge in [0.05, 0.1) is 23.9 Å². The summed E-state index contributed by atoms with van der Waals surface area (Å²) >= 11 is 0. The number of nitrogens with one attached hydrogen (secondary N) is 1. The molecule has 2 aromatic heterocycles. The Hall–Kier alpha value is -3.13. The maximum atomic E-state index is 13.2. The van der Waals surface area contributed by atoms with E-state index in [1.54, 1.807) is 38.5 Å². The van der Waals surface area contributed by atoms with Gasteiger partial charge in [0.25, 0.3) is 0 Å². The third-order valence-electron chi connectivity index (χ3n) is 6.62. The number of benzene rings is 1. The molecule has 3 heterocycles. The summed E-state index contributed by atoms with van der Waals surface area (Å²) in [6, 6.07) is 10.9. The second-order valence-electron chi connectivity index (χ2n) is 8.52. The van der Waals surface area contributed by atoms with Gasteiger partial charge in [-0.2, -0.15) is 0 Å². The average Bonchev–Trinajstić information content (AvgIpc) is 2.83. The Labute approximate surface area is 192 Å². The summed E-state index contributed by atoms with van der Waals surface area (Å²) in [5.74, 6) is -0.335. The summed E-state index contributed by atoms with van der Waals surface area (Å²) in [5.41, 5.74) is 0.934. The summed E-state index contributed by atoms with van der Waals surface area (Å²) in [7, 11) is 0. The van der Waals surface area contributed by atoms with Crippen LogP contribution in [0.1, 0.15) is 54.3 Å². The number of ketones is 1. The molecule has 1 aliphatic rings. The SMILES string of the molecule is CC[C@]1(O)[C@H](O)C[C@H](c2ccncc2CC(=O)c2c[nH]cc(-c3ccccc3)c2=O)O[C@@H]1C. The van der Waals surface area contributed by atoms with Gasteiger partial charge in [-0.15, -0.1) is 0 Å². The van der Waals surface area contributed by atoms with Crippen LogP contribution in [0.25, 0.3) is 11.1 Å². The fraction of sp³-hybridized carbons (Fsp3) is 0.346. The molecule has 0 spiro atoms. The number of H-pyrrole nitrogens is 1. The molecule has 0 amide bonds. The molecule has 7 nitrogen and oxygen atoms in total. The quantitative estimate of drug-likeness (QED) is 0.499. The van der Waals surface area contributed by atoms with Gasteiger partial charge in [0.15, 0.2) is 11.2 Å². The number of hydrogen-bond donors (Lipinski definition) is 3. The van der Waals surface area contributed by atoms with E-state index in [-0.39, 0.29) is 29.6 Å². The molecule has 33 heavy (non-hydrogen) atoms. The summed E-state index contributed by atoms with van der Waals surface area (Å²) in [4.78, 5) is 33.3. The highest BCUT2D eigenvalue weighted by Gasteiger charge is 2.46. The van der Waals surface area contributed by atoms with Crippen molar-refractivity contribution < 1.29 is 19.7 Å². The molecule has 3 N–H and O–H groups in total. The third-order valence-corrected chi connectivity index (χ3v) is 6.62. The Balaban J connectivity index is 1.61. The first-order valence-corrected chi connectivity index (χ1v) is 11.1. The normalized spacial score (nSPS) is 25.0. The van der Waals surface area contributed by atoms with Crippen LogP contribution in [0.15, 0.2) is 66.0 Å². The van der Waals surface area contributed by atoms with Crippen molar-refractivity contribution in [1.82, 2.24) is 9.97 Å². The number of pyridine rings is 2. The molecular formula is C26H28N2O5. The predicted molar refractivity (Wildman–Crippen MR) is 124 cm³/mol. The van der Waals surface area contributed by atoms with Crippen LogP contribution in [0.2, 0.25) is 0 Å². The molecule has 0 saturated carbocycles. The second-order valence-corrected chi connectivity index (χ2v) is 8.52. The number of aliphatic hydroxyl groups is 2. The highest BCUT2D eigenvalue weighted by Crippen LogP contribution is 2.39. The molecule has 0 bridgehead atoms. The first-order valence-electron chi connectivity index (χ1n) is 11.1. The maximum Gasteiger partial charge on any atom is 0.200 e. The number of Topliss-reactive ketones (excluding diaryl/α,β-unsaturated/α-hetero) is 1. The van der Waals surface area contributed by atoms with Gasteiger partial charge in [-0.3, -0.25) is 14.6 Å². The lowest BCUT2D eigenvalue weighted by Crippen LogP contribution is -2.56. The highest BCUT2D eigenvalue weighted by atomic mass is 16.5. The Morgan fingerprint density at radius 2 is 2.00 bits per heavy atom. The van der Waals surface area contributed by atoms with Gasteiger partial charge in [0, 0.05) is 43.2 Å². The van der Waals surface area contributed by atoms with E-state index in [0.29, 0.717) is 17.5 Å². The lowest BCUT2D eigenvalue weighted by Gasteiger charge is -2.45. The minimum Gasteiger partial charge on any atom is -0.390 e. The highest BCUT2D eigenvalue weighted by molar-refractivity contribution is 5.98. The zero-order valence-electron chi connectivity index (χ0n) is 18.7. The van der Waals surface area contributed by atoms with Gasteiger partial charge in [0.1, 0.15) is 5.60 Å². The van der Waals surface area contributed by atoms with E-state index in [9.17, 15) is 19.8 Å². The van der Waals surface area contributed by atoms with Crippen molar-refractivity contribution in [1.29, 1.82) is 0 Å². The smallest absolute Gasteiger partial charge is 0.200 e. The fourth-order valence-corrected chi connectivity index (χ4v) is 4.51. The molecule has 1 fully saturated rings. The van der Waals surface area contributed by atoms with Crippen molar-refractivity contribution in [3.8, 4) is 11.1 Å².